The Morgan fingerprint density at radius 2 is 1.79 bits per heavy atom. The Morgan fingerprint density at radius 3 is 2.62 bits per heavy atom. The van der Waals surface area contributed by atoms with Gasteiger partial charge in [-0.05, 0) is 23.3 Å². The second-order valence-electron chi connectivity index (χ2n) is 7.43. The van der Waals surface area contributed by atoms with Gasteiger partial charge >= 0.3 is 0 Å². The zero-order valence-corrected chi connectivity index (χ0v) is 16.3. The van der Waals surface area contributed by atoms with Crippen LogP contribution in [0.15, 0.2) is 67.1 Å². The summed E-state index contributed by atoms with van der Waals surface area (Å²) in [4.78, 5) is 11.3. The van der Waals surface area contributed by atoms with Crippen LogP contribution in [0.5, 0.6) is 0 Å². The number of nitrogens with zero attached hydrogens (tertiary/aromatic N) is 4. The smallest absolute Gasteiger partial charge is 0.150 e. The van der Waals surface area contributed by atoms with E-state index in [1.807, 2.05) is 18.2 Å². The van der Waals surface area contributed by atoms with Gasteiger partial charge in [0.15, 0.2) is 5.65 Å². The SMILES string of the molecule is Nc1ncnc2c1c(-c1ccccc1)cn2-c1cccc(CN2CCNCC2)c1. The molecule has 29 heavy (non-hydrogen) atoms. The highest BCUT2D eigenvalue weighted by atomic mass is 15.2. The Morgan fingerprint density at radius 1 is 0.966 bits per heavy atom. The average molecular weight is 384 g/mol. The fraction of sp³-hybridized carbons (Fsp3) is 0.217. The van der Waals surface area contributed by atoms with Crippen molar-refractivity contribution in [1.29, 1.82) is 0 Å². The number of hydrogen-bond acceptors (Lipinski definition) is 5. The number of aromatic nitrogens is 3. The maximum absolute atomic E-state index is 6.26. The third kappa shape index (κ3) is 3.48. The minimum atomic E-state index is 0.504. The molecule has 3 N–H and O–H groups in total. The second kappa shape index (κ2) is 7.66. The van der Waals surface area contributed by atoms with E-state index < -0.39 is 0 Å². The lowest BCUT2D eigenvalue weighted by molar-refractivity contribution is 0.233. The molecule has 6 heteroatoms. The first-order valence-corrected chi connectivity index (χ1v) is 9.99. The lowest BCUT2D eigenvalue weighted by Crippen LogP contribution is -2.42. The average Bonchev–Trinajstić information content (AvgIpc) is 3.16. The van der Waals surface area contributed by atoms with Crippen LogP contribution in [0.1, 0.15) is 5.56 Å². The largest absolute Gasteiger partial charge is 0.383 e. The summed E-state index contributed by atoms with van der Waals surface area (Å²) in [5.41, 5.74) is 11.6. The van der Waals surface area contributed by atoms with E-state index in [2.05, 4.69) is 67.3 Å². The fourth-order valence-corrected chi connectivity index (χ4v) is 4.05. The molecule has 0 radical (unpaired) electrons. The molecular weight excluding hydrogens is 360 g/mol. The van der Waals surface area contributed by atoms with E-state index in [1.165, 1.54) is 11.9 Å². The first-order chi connectivity index (χ1) is 14.3. The summed E-state index contributed by atoms with van der Waals surface area (Å²) in [6.07, 6.45) is 3.66. The van der Waals surface area contributed by atoms with Gasteiger partial charge in [0.2, 0.25) is 0 Å². The van der Waals surface area contributed by atoms with Gasteiger partial charge in [-0.1, -0.05) is 42.5 Å². The maximum Gasteiger partial charge on any atom is 0.150 e. The van der Waals surface area contributed by atoms with Gasteiger partial charge in [-0.15, -0.1) is 0 Å². The Bertz CT molecular complexity index is 1130. The van der Waals surface area contributed by atoms with Crippen molar-refractivity contribution in [1.82, 2.24) is 24.8 Å². The van der Waals surface area contributed by atoms with Crippen molar-refractivity contribution in [2.45, 2.75) is 6.54 Å². The zero-order valence-electron chi connectivity index (χ0n) is 16.3. The van der Waals surface area contributed by atoms with Crippen molar-refractivity contribution in [3.63, 3.8) is 0 Å². The molecule has 0 aliphatic carbocycles. The number of benzene rings is 2. The highest BCUT2D eigenvalue weighted by molar-refractivity contribution is 6.01. The predicted molar refractivity (Wildman–Crippen MR) is 117 cm³/mol. The Kier molecular flexibility index (Phi) is 4.71. The molecule has 0 amide bonds. The van der Waals surface area contributed by atoms with Crippen LogP contribution in [-0.4, -0.2) is 45.6 Å². The maximum atomic E-state index is 6.26. The normalized spacial score (nSPS) is 15.0. The molecule has 2 aromatic heterocycles. The van der Waals surface area contributed by atoms with E-state index in [4.69, 9.17) is 5.73 Å². The van der Waals surface area contributed by atoms with E-state index in [1.54, 1.807) is 0 Å². The van der Waals surface area contributed by atoms with Crippen LogP contribution in [0.25, 0.3) is 27.8 Å². The minimum absolute atomic E-state index is 0.504. The summed E-state index contributed by atoms with van der Waals surface area (Å²) in [5.74, 6) is 0.504. The van der Waals surface area contributed by atoms with Gasteiger partial charge < -0.3 is 15.6 Å². The van der Waals surface area contributed by atoms with E-state index in [9.17, 15) is 0 Å². The van der Waals surface area contributed by atoms with Gasteiger partial charge in [-0.25, -0.2) is 9.97 Å². The van der Waals surface area contributed by atoms with Crippen molar-refractivity contribution in [2.75, 3.05) is 31.9 Å². The van der Waals surface area contributed by atoms with E-state index in [-0.39, 0.29) is 0 Å². The standard InChI is InChI=1S/C23H24N6/c24-22-21-20(18-6-2-1-3-7-18)15-29(23(21)27-16-26-22)19-8-4-5-17(13-19)14-28-11-9-25-10-12-28/h1-8,13,15-16,25H,9-12,14H2,(H2,24,26,27). The lowest BCUT2D eigenvalue weighted by atomic mass is 10.1. The van der Waals surface area contributed by atoms with Crippen LogP contribution in [-0.2, 0) is 6.54 Å². The third-order valence-corrected chi connectivity index (χ3v) is 5.50. The van der Waals surface area contributed by atoms with Crippen molar-refractivity contribution in [3.8, 4) is 16.8 Å². The molecule has 146 valence electrons. The first kappa shape index (κ1) is 17.8. The lowest BCUT2D eigenvalue weighted by Gasteiger charge is -2.27. The van der Waals surface area contributed by atoms with Crippen LogP contribution < -0.4 is 11.1 Å². The molecule has 4 aromatic rings. The van der Waals surface area contributed by atoms with E-state index in [0.29, 0.717) is 5.82 Å². The van der Waals surface area contributed by atoms with Crippen LogP contribution in [0.2, 0.25) is 0 Å². The highest BCUT2D eigenvalue weighted by Crippen LogP contribution is 2.34. The minimum Gasteiger partial charge on any atom is -0.383 e. The number of nitrogens with one attached hydrogen (secondary N) is 1. The molecule has 1 saturated heterocycles. The van der Waals surface area contributed by atoms with Crippen molar-refractivity contribution >= 4 is 16.9 Å². The molecule has 6 nitrogen and oxygen atoms in total. The molecular formula is C23H24N6. The molecule has 1 aliphatic heterocycles. The van der Waals surface area contributed by atoms with Gasteiger partial charge in [0.25, 0.3) is 0 Å². The van der Waals surface area contributed by atoms with Crippen LogP contribution in [0.3, 0.4) is 0 Å². The molecule has 3 heterocycles. The third-order valence-electron chi connectivity index (χ3n) is 5.50. The van der Waals surface area contributed by atoms with Crippen molar-refractivity contribution < 1.29 is 0 Å². The molecule has 1 fully saturated rings. The summed E-state index contributed by atoms with van der Waals surface area (Å²) in [6, 6.07) is 18.9. The number of piperazine rings is 1. The molecule has 0 saturated carbocycles. The predicted octanol–water partition coefficient (Wildman–Crippen LogP) is 3.07. The molecule has 0 unspecified atom stereocenters. The molecule has 5 rings (SSSR count). The van der Waals surface area contributed by atoms with E-state index in [0.717, 1.165) is 60.6 Å². The topological polar surface area (TPSA) is 72.0 Å². The summed E-state index contributed by atoms with van der Waals surface area (Å²) in [6.45, 7) is 5.23. The van der Waals surface area contributed by atoms with Gasteiger partial charge in [0.05, 0.1) is 5.39 Å². The highest BCUT2D eigenvalue weighted by Gasteiger charge is 2.16. The van der Waals surface area contributed by atoms with E-state index >= 15 is 0 Å². The number of fused-ring (bicyclic) bond motifs is 1. The van der Waals surface area contributed by atoms with Crippen molar-refractivity contribution in [3.05, 3.63) is 72.7 Å². The summed E-state index contributed by atoms with van der Waals surface area (Å²) in [7, 11) is 0. The van der Waals surface area contributed by atoms with Gasteiger partial charge in [0.1, 0.15) is 12.1 Å². The van der Waals surface area contributed by atoms with Crippen LogP contribution in [0.4, 0.5) is 5.82 Å². The molecule has 0 spiro atoms. The van der Waals surface area contributed by atoms with Crippen LogP contribution in [0, 0.1) is 0 Å². The zero-order chi connectivity index (χ0) is 19.6. The van der Waals surface area contributed by atoms with Gasteiger partial charge in [0, 0.05) is 50.2 Å². The monoisotopic (exact) mass is 384 g/mol. The molecule has 0 bridgehead atoms. The number of nitrogens with two attached hydrogens (primary N) is 1. The molecule has 2 aromatic carbocycles. The number of anilines is 1. The summed E-state index contributed by atoms with van der Waals surface area (Å²) in [5, 5.41) is 4.30. The Labute approximate surface area is 170 Å². The summed E-state index contributed by atoms with van der Waals surface area (Å²) >= 11 is 0. The second-order valence-corrected chi connectivity index (χ2v) is 7.43. The fourth-order valence-electron chi connectivity index (χ4n) is 4.05. The van der Waals surface area contributed by atoms with Crippen molar-refractivity contribution in [2.24, 2.45) is 0 Å². The Hall–Kier alpha value is -3.22. The number of hydrogen-bond donors (Lipinski definition) is 2. The number of rotatable bonds is 4. The Balaban J connectivity index is 1.59. The number of nitrogen functional groups attached to an aromatic ring is 1. The molecule has 0 atom stereocenters. The summed E-state index contributed by atoms with van der Waals surface area (Å²) < 4.78 is 2.12. The first-order valence-electron chi connectivity index (χ1n) is 9.99. The molecule has 1 aliphatic rings. The van der Waals surface area contributed by atoms with Gasteiger partial charge in [-0.3, -0.25) is 4.90 Å². The quantitative estimate of drug-likeness (QED) is 0.566. The van der Waals surface area contributed by atoms with Crippen LogP contribution >= 0.6 is 0 Å². The van der Waals surface area contributed by atoms with Gasteiger partial charge in [-0.2, -0.15) is 0 Å².